The number of hydrogen-bond donors (Lipinski definition) is 0. The second kappa shape index (κ2) is 10.9. The van der Waals surface area contributed by atoms with Crippen LogP contribution in [0, 0.1) is 0 Å². The second-order valence-corrected chi connectivity index (χ2v) is 14.7. The van der Waals surface area contributed by atoms with Crippen LogP contribution in [0.2, 0.25) is 0 Å². The Kier molecular flexibility index (Phi) is 6.11. The average molecular weight is 666 g/mol. The molecule has 0 amide bonds. The van der Waals surface area contributed by atoms with Crippen LogP contribution in [0.5, 0.6) is 0 Å². The molecule has 1 heterocycles. The van der Waals surface area contributed by atoms with Crippen LogP contribution in [0.4, 0.5) is 17.1 Å². The van der Waals surface area contributed by atoms with E-state index in [1.807, 2.05) is 11.3 Å². The number of thiophene rings is 1. The number of para-hydroxylation sites is 1. The Bertz CT molecular complexity index is 2800. The molecule has 2 aliphatic rings. The van der Waals surface area contributed by atoms with Gasteiger partial charge in [0.25, 0.3) is 0 Å². The summed E-state index contributed by atoms with van der Waals surface area (Å²) in [6.07, 6.45) is 0. The van der Waals surface area contributed by atoms with Gasteiger partial charge >= 0.3 is 0 Å². The van der Waals surface area contributed by atoms with E-state index >= 15 is 0 Å². The first-order valence-corrected chi connectivity index (χ1v) is 18.4. The van der Waals surface area contributed by atoms with Gasteiger partial charge in [-0.05, 0) is 92.5 Å². The predicted octanol–water partition coefficient (Wildman–Crippen LogP) is 13.5. The Balaban J connectivity index is 1.18. The predicted molar refractivity (Wildman–Crippen MR) is 216 cm³/mol. The maximum atomic E-state index is 2.48. The molecule has 0 bridgehead atoms. The largest absolute Gasteiger partial charge is 0.310 e. The minimum Gasteiger partial charge on any atom is -0.310 e. The topological polar surface area (TPSA) is 3.24 Å². The normalized spacial score (nSPS) is 15.1. The van der Waals surface area contributed by atoms with Crippen LogP contribution in [-0.2, 0) is 5.41 Å². The highest BCUT2D eigenvalue weighted by Gasteiger charge is 2.52. The van der Waals surface area contributed by atoms with Gasteiger partial charge in [0.2, 0.25) is 0 Å². The zero-order valence-corrected chi connectivity index (χ0v) is 28.6. The van der Waals surface area contributed by atoms with E-state index < -0.39 is 5.41 Å². The quantitative estimate of drug-likeness (QED) is 0.181. The molecule has 8 aromatic carbocycles. The van der Waals surface area contributed by atoms with Gasteiger partial charge in [-0.2, -0.15) is 0 Å². The summed E-state index contributed by atoms with van der Waals surface area (Å²) in [4.78, 5) is 2.41. The molecule has 9 aromatic rings. The van der Waals surface area contributed by atoms with E-state index in [0.29, 0.717) is 0 Å². The van der Waals surface area contributed by atoms with Gasteiger partial charge in [0.05, 0.1) is 5.41 Å². The fraction of sp³-hybridized carbons (Fsp3) is 0.0204. The third-order valence-corrected chi connectivity index (χ3v) is 12.3. The highest BCUT2D eigenvalue weighted by atomic mass is 32.1. The van der Waals surface area contributed by atoms with Gasteiger partial charge < -0.3 is 4.90 Å². The molecule has 0 radical (unpaired) electrons. The molecule has 2 aliphatic carbocycles. The molecule has 0 aliphatic heterocycles. The highest BCUT2D eigenvalue weighted by molar-refractivity contribution is 7.26. The van der Waals surface area contributed by atoms with Gasteiger partial charge in [0, 0.05) is 42.8 Å². The van der Waals surface area contributed by atoms with E-state index in [0.717, 1.165) is 17.1 Å². The summed E-state index contributed by atoms with van der Waals surface area (Å²) in [6.45, 7) is 0. The van der Waals surface area contributed by atoms with Crippen LogP contribution in [-0.4, -0.2) is 0 Å². The molecule has 0 N–H and O–H groups in total. The van der Waals surface area contributed by atoms with E-state index in [1.54, 1.807) is 0 Å². The number of nitrogens with zero attached hydrogens (tertiary/aromatic N) is 1. The van der Waals surface area contributed by atoms with Gasteiger partial charge in [0.15, 0.2) is 0 Å². The van der Waals surface area contributed by atoms with E-state index in [4.69, 9.17) is 0 Å². The van der Waals surface area contributed by atoms with Gasteiger partial charge in [0.1, 0.15) is 0 Å². The molecule has 51 heavy (non-hydrogen) atoms. The molecule has 1 aromatic heterocycles. The zero-order chi connectivity index (χ0) is 33.5. The summed E-state index contributed by atoms with van der Waals surface area (Å²) in [7, 11) is 0. The molecule has 1 unspecified atom stereocenters. The fourth-order valence-electron chi connectivity index (χ4n) is 8.99. The average Bonchev–Trinajstić information content (AvgIpc) is 3.83. The molecule has 0 saturated heterocycles. The van der Waals surface area contributed by atoms with Crippen molar-refractivity contribution in [1.82, 2.24) is 0 Å². The summed E-state index contributed by atoms with van der Waals surface area (Å²) < 4.78 is 2.72. The lowest BCUT2D eigenvalue weighted by molar-refractivity contribution is 0.794. The lowest BCUT2D eigenvalue weighted by atomic mass is 9.70. The van der Waals surface area contributed by atoms with Crippen molar-refractivity contribution in [1.29, 1.82) is 0 Å². The van der Waals surface area contributed by atoms with E-state index in [-0.39, 0.29) is 0 Å². The van der Waals surface area contributed by atoms with Crippen LogP contribution in [0.25, 0.3) is 53.6 Å². The Morgan fingerprint density at radius 3 is 1.76 bits per heavy atom. The zero-order valence-electron chi connectivity index (χ0n) is 27.8. The first-order valence-electron chi connectivity index (χ1n) is 17.6. The molecule has 0 fully saturated rings. The van der Waals surface area contributed by atoms with E-state index in [2.05, 4.69) is 193 Å². The van der Waals surface area contributed by atoms with Crippen molar-refractivity contribution in [3.8, 4) is 33.4 Å². The maximum Gasteiger partial charge on any atom is 0.0726 e. The molecule has 1 atom stereocenters. The van der Waals surface area contributed by atoms with Crippen molar-refractivity contribution in [2.45, 2.75) is 5.41 Å². The summed E-state index contributed by atoms with van der Waals surface area (Å²) in [5.74, 6) is 0. The third kappa shape index (κ3) is 3.97. The smallest absolute Gasteiger partial charge is 0.0726 e. The molecule has 238 valence electrons. The lowest BCUT2D eigenvalue weighted by Gasteiger charge is -2.32. The summed E-state index contributed by atoms with van der Waals surface area (Å²) in [5.41, 5.74) is 16.2. The van der Waals surface area contributed by atoms with Crippen molar-refractivity contribution in [2.75, 3.05) is 4.90 Å². The van der Waals surface area contributed by atoms with E-state index in [1.165, 1.54) is 75.8 Å². The molecule has 0 saturated carbocycles. The number of rotatable bonds is 4. The summed E-state index contributed by atoms with van der Waals surface area (Å²) in [6, 6.07) is 69.5. The van der Waals surface area contributed by atoms with Gasteiger partial charge in [-0.1, -0.05) is 146 Å². The van der Waals surface area contributed by atoms with Crippen molar-refractivity contribution < 1.29 is 0 Å². The molecule has 1 spiro atoms. The van der Waals surface area contributed by atoms with Crippen LogP contribution in [0.3, 0.4) is 0 Å². The lowest BCUT2D eigenvalue weighted by Crippen LogP contribution is -2.26. The fourth-order valence-corrected chi connectivity index (χ4v) is 10.3. The van der Waals surface area contributed by atoms with Crippen molar-refractivity contribution >= 4 is 48.6 Å². The van der Waals surface area contributed by atoms with Crippen LogP contribution >= 0.6 is 11.3 Å². The number of fused-ring (bicyclic) bond motifs is 14. The standard InChI is InChI=1S/C49H31NS/c1-3-13-32(14-4-1)33-23-25-35(26-24-33)50(34-15-5-2-6-16-34)36-27-28-38-37-17-7-10-20-42(37)49(45(38)31-36)43-21-11-8-19-41(43)47-44(49)30-29-40-39-18-9-12-22-46(39)51-48(40)47/h1-31H. The Hall–Kier alpha value is -6.22. The van der Waals surface area contributed by atoms with Crippen LogP contribution < -0.4 is 4.90 Å². The summed E-state index contributed by atoms with van der Waals surface area (Å²) >= 11 is 1.93. The van der Waals surface area contributed by atoms with Crippen molar-refractivity contribution in [3.05, 3.63) is 210 Å². The third-order valence-electron chi connectivity index (χ3n) is 11.1. The molecular formula is C49H31NS. The maximum absolute atomic E-state index is 2.48. The number of benzene rings is 8. The molecule has 11 rings (SSSR count). The highest BCUT2D eigenvalue weighted by Crippen LogP contribution is 2.65. The minimum atomic E-state index is -0.433. The van der Waals surface area contributed by atoms with Gasteiger partial charge in [-0.15, -0.1) is 11.3 Å². The van der Waals surface area contributed by atoms with Crippen molar-refractivity contribution in [2.24, 2.45) is 0 Å². The van der Waals surface area contributed by atoms with Gasteiger partial charge in [-0.3, -0.25) is 0 Å². The molecule has 1 nitrogen and oxygen atoms in total. The second-order valence-electron chi connectivity index (χ2n) is 13.6. The van der Waals surface area contributed by atoms with E-state index in [9.17, 15) is 0 Å². The first kappa shape index (κ1) is 28.6. The van der Waals surface area contributed by atoms with Crippen molar-refractivity contribution in [3.63, 3.8) is 0 Å². The molecule has 2 heteroatoms. The van der Waals surface area contributed by atoms with Crippen LogP contribution in [0.15, 0.2) is 188 Å². The monoisotopic (exact) mass is 665 g/mol. The Morgan fingerprint density at radius 1 is 0.373 bits per heavy atom. The van der Waals surface area contributed by atoms with Gasteiger partial charge in [-0.25, -0.2) is 0 Å². The Labute approximate surface area is 301 Å². The minimum absolute atomic E-state index is 0.433. The Morgan fingerprint density at radius 2 is 0.961 bits per heavy atom. The number of anilines is 3. The molecular weight excluding hydrogens is 635 g/mol. The SMILES string of the molecule is c1ccc(-c2ccc(N(c3ccccc3)c3ccc4c(c3)C3(c5ccccc5-4)c4ccccc4-c4c3ccc3c4sc4ccccc43)cc2)cc1. The number of hydrogen-bond acceptors (Lipinski definition) is 2. The van der Waals surface area contributed by atoms with Crippen LogP contribution in [0.1, 0.15) is 22.3 Å². The summed E-state index contributed by atoms with van der Waals surface area (Å²) in [5, 5.41) is 2.68. The first-order chi connectivity index (χ1) is 25.3.